The second-order valence-corrected chi connectivity index (χ2v) is 5.24. The third kappa shape index (κ3) is 2.14. The molecule has 19 heavy (non-hydrogen) atoms. The number of benzene rings is 1. The molecule has 0 spiro atoms. The number of hydrogen-bond acceptors (Lipinski definition) is 3. The molecular weight excluding hydrogens is 266 g/mol. The van der Waals surface area contributed by atoms with E-state index in [9.17, 15) is 9.59 Å². The van der Waals surface area contributed by atoms with Crippen LogP contribution in [0.25, 0.3) is 0 Å². The number of amides is 2. The number of urea groups is 1. The van der Waals surface area contributed by atoms with Crippen molar-refractivity contribution in [2.45, 2.75) is 6.04 Å². The number of piperazine rings is 1. The highest BCUT2D eigenvalue weighted by molar-refractivity contribution is 6.31. The molecule has 2 aliphatic heterocycles. The van der Waals surface area contributed by atoms with Gasteiger partial charge in [0.1, 0.15) is 0 Å². The summed E-state index contributed by atoms with van der Waals surface area (Å²) in [6.45, 7) is 2.76. The first-order valence-corrected chi connectivity index (χ1v) is 6.61. The van der Waals surface area contributed by atoms with Gasteiger partial charge in [-0.3, -0.25) is 4.79 Å². The normalized spacial score (nSPS) is 22.2. The Hall–Kier alpha value is -1.75. The molecule has 1 unspecified atom stereocenters. The molecule has 2 amide bonds. The molecule has 0 aromatic heterocycles. The molecule has 3 rings (SSSR count). The lowest BCUT2D eigenvalue weighted by molar-refractivity contribution is 0.112. The van der Waals surface area contributed by atoms with Crippen LogP contribution in [0.2, 0.25) is 5.02 Å². The van der Waals surface area contributed by atoms with Crippen LogP contribution < -0.4 is 10.2 Å². The molecule has 2 fully saturated rings. The molecular formula is C13H14ClN3O2. The van der Waals surface area contributed by atoms with Crippen LogP contribution in [0.1, 0.15) is 10.4 Å². The maximum atomic E-state index is 11.5. The Morgan fingerprint density at radius 2 is 2.21 bits per heavy atom. The average Bonchev–Trinajstić information content (AvgIpc) is 2.80. The number of anilines is 1. The smallest absolute Gasteiger partial charge is 0.317 e. The van der Waals surface area contributed by atoms with Crippen LogP contribution in [0.5, 0.6) is 0 Å². The maximum Gasteiger partial charge on any atom is 0.317 e. The monoisotopic (exact) mass is 279 g/mol. The predicted molar refractivity (Wildman–Crippen MR) is 72.9 cm³/mol. The molecule has 1 N–H and O–H groups in total. The van der Waals surface area contributed by atoms with Gasteiger partial charge in [0.25, 0.3) is 0 Å². The molecule has 1 aromatic carbocycles. The summed E-state index contributed by atoms with van der Waals surface area (Å²) in [5.41, 5.74) is 1.48. The molecule has 2 saturated heterocycles. The van der Waals surface area contributed by atoms with E-state index in [1.165, 1.54) is 0 Å². The lowest BCUT2D eigenvalue weighted by atomic mass is 10.1. The predicted octanol–water partition coefficient (Wildman–Crippen LogP) is 1.37. The van der Waals surface area contributed by atoms with E-state index < -0.39 is 0 Å². The summed E-state index contributed by atoms with van der Waals surface area (Å²) in [5.74, 6) is 0. The molecule has 2 aliphatic rings. The average molecular weight is 280 g/mol. The number of fused-ring (bicyclic) bond motifs is 1. The fourth-order valence-electron chi connectivity index (χ4n) is 2.71. The van der Waals surface area contributed by atoms with E-state index in [0.29, 0.717) is 30.2 Å². The summed E-state index contributed by atoms with van der Waals surface area (Å²) < 4.78 is 0. The number of aldehydes is 1. The van der Waals surface area contributed by atoms with Gasteiger partial charge in [0.15, 0.2) is 6.29 Å². The van der Waals surface area contributed by atoms with Crippen LogP contribution in [0.4, 0.5) is 10.5 Å². The van der Waals surface area contributed by atoms with E-state index in [4.69, 9.17) is 11.6 Å². The summed E-state index contributed by atoms with van der Waals surface area (Å²) in [6, 6.07) is 5.43. The Morgan fingerprint density at radius 3 is 3.00 bits per heavy atom. The molecule has 0 bridgehead atoms. The van der Waals surface area contributed by atoms with Crippen molar-refractivity contribution in [2.24, 2.45) is 0 Å². The molecule has 2 heterocycles. The lowest BCUT2D eigenvalue weighted by Gasteiger charge is -2.38. The molecule has 0 saturated carbocycles. The van der Waals surface area contributed by atoms with Crippen molar-refractivity contribution in [1.29, 1.82) is 0 Å². The fourth-order valence-corrected chi connectivity index (χ4v) is 2.88. The molecule has 1 aromatic rings. The lowest BCUT2D eigenvalue weighted by Crippen LogP contribution is -2.52. The van der Waals surface area contributed by atoms with Crippen molar-refractivity contribution in [3.8, 4) is 0 Å². The third-order valence-corrected chi connectivity index (χ3v) is 3.93. The number of carbonyl (C=O) groups is 2. The molecule has 100 valence electrons. The van der Waals surface area contributed by atoms with Crippen LogP contribution >= 0.6 is 11.6 Å². The molecule has 5 nitrogen and oxygen atoms in total. The first kappa shape index (κ1) is 12.3. The second-order valence-electron chi connectivity index (χ2n) is 4.80. The number of nitrogens with one attached hydrogen (secondary N) is 1. The fraction of sp³-hybridized carbons (Fsp3) is 0.385. The number of hydrogen-bond donors (Lipinski definition) is 1. The van der Waals surface area contributed by atoms with Crippen molar-refractivity contribution >= 4 is 29.6 Å². The minimum Gasteiger partial charge on any atom is -0.367 e. The summed E-state index contributed by atoms with van der Waals surface area (Å²) in [6.07, 6.45) is 0.843. The van der Waals surface area contributed by atoms with Crippen LogP contribution in [-0.2, 0) is 0 Å². The van der Waals surface area contributed by atoms with Gasteiger partial charge < -0.3 is 15.1 Å². The molecule has 0 aliphatic carbocycles. The zero-order valence-corrected chi connectivity index (χ0v) is 11.1. The van der Waals surface area contributed by atoms with Gasteiger partial charge in [0, 0.05) is 42.5 Å². The Balaban J connectivity index is 1.86. The van der Waals surface area contributed by atoms with Crippen molar-refractivity contribution in [3.05, 3.63) is 28.8 Å². The van der Waals surface area contributed by atoms with Crippen LogP contribution in [0.3, 0.4) is 0 Å². The highest BCUT2D eigenvalue weighted by atomic mass is 35.5. The first-order valence-electron chi connectivity index (χ1n) is 6.23. The minimum absolute atomic E-state index is 0.00588. The van der Waals surface area contributed by atoms with E-state index in [2.05, 4.69) is 10.2 Å². The Bertz CT molecular complexity index is 535. The summed E-state index contributed by atoms with van der Waals surface area (Å²) in [7, 11) is 0. The van der Waals surface area contributed by atoms with Gasteiger partial charge >= 0.3 is 6.03 Å². The zero-order valence-electron chi connectivity index (χ0n) is 10.3. The largest absolute Gasteiger partial charge is 0.367 e. The second kappa shape index (κ2) is 4.74. The van der Waals surface area contributed by atoms with Crippen molar-refractivity contribution < 1.29 is 9.59 Å². The standard InChI is InChI=1S/C13H14ClN3O2/c14-10-2-1-9(8-18)12(5-10)16-3-4-17-11(7-16)6-15-13(17)19/h1-2,5,8,11H,3-4,6-7H2,(H,15,19). The minimum atomic E-state index is 0.00588. The Morgan fingerprint density at radius 1 is 1.37 bits per heavy atom. The van der Waals surface area contributed by atoms with Gasteiger partial charge in [-0.15, -0.1) is 0 Å². The SMILES string of the molecule is O=Cc1ccc(Cl)cc1N1CCN2C(=O)NCC2C1. The molecule has 1 atom stereocenters. The maximum absolute atomic E-state index is 11.5. The summed E-state index contributed by atoms with van der Waals surface area (Å²) in [4.78, 5) is 26.6. The van der Waals surface area contributed by atoms with Crippen molar-refractivity contribution in [2.75, 3.05) is 31.1 Å². The number of nitrogens with zero attached hydrogens (tertiary/aromatic N) is 2. The van der Waals surface area contributed by atoms with Crippen LogP contribution in [0.15, 0.2) is 18.2 Å². The van der Waals surface area contributed by atoms with Gasteiger partial charge in [-0.1, -0.05) is 11.6 Å². The van der Waals surface area contributed by atoms with Gasteiger partial charge in [-0.25, -0.2) is 4.79 Å². The Kier molecular flexibility index (Phi) is 3.06. The first-order chi connectivity index (χ1) is 9.19. The molecule has 6 heteroatoms. The summed E-state index contributed by atoms with van der Waals surface area (Å²) in [5, 5.41) is 3.45. The van der Waals surface area contributed by atoms with E-state index in [0.717, 1.165) is 18.5 Å². The van der Waals surface area contributed by atoms with Gasteiger partial charge in [-0.2, -0.15) is 0 Å². The number of rotatable bonds is 2. The molecule has 0 radical (unpaired) electrons. The van der Waals surface area contributed by atoms with Gasteiger partial charge in [0.2, 0.25) is 0 Å². The Labute approximate surface area is 116 Å². The van der Waals surface area contributed by atoms with Crippen molar-refractivity contribution in [3.63, 3.8) is 0 Å². The van der Waals surface area contributed by atoms with Gasteiger partial charge in [-0.05, 0) is 18.2 Å². The van der Waals surface area contributed by atoms with E-state index in [1.54, 1.807) is 12.1 Å². The topological polar surface area (TPSA) is 52.7 Å². The van der Waals surface area contributed by atoms with Crippen LogP contribution in [0, 0.1) is 0 Å². The van der Waals surface area contributed by atoms with E-state index in [-0.39, 0.29) is 12.1 Å². The summed E-state index contributed by atoms with van der Waals surface area (Å²) >= 11 is 6.01. The van der Waals surface area contributed by atoms with Crippen LogP contribution in [-0.4, -0.2) is 49.4 Å². The third-order valence-electron chi connectivity index (χ3n) is 3.69. The van der Waals surface area contributed by atoms with Gasteiger partial charge in [0.05, 0.1) is 6.04 Å². The number of carbonyl (C=O) groups excluding carboxylic acids is 2. The van der Waals surface area contributed by atoms with E-state index in [1.807, 2.05) is 11.0 Å². The van der Waals surface area contributed by atoms with E-state index >= 15 is 0 Å². The van der Waals surface area contributed by atoms with Crippen molar-refractivity contribution in [1.82, 2.24) is 10.2 Å². The highest BCUT2D eigenvalue weighted by Gasteiger charge is 2.35. The highest BCUT2D eigenvalue weighted by Crippen LogP contribution is 2.27. The number of halogens is 1. The zero-order chi connectivity index (χ0) is 13.4. The quantitative estimate of drug-likeness (QED) is 0.832.